The van der Waals surface area contributed by atoms with E-state index in [9.17, 15) is 0 Å². The standard InChI is InChI=1S/C66H65BN2O/c1-61(2,3)36-23-26-38(27-24-36)69-51-34-47-41(39-19-15-17-21-45(39)65(47,11)12)32-42(51)54-53-40-20-16-18-22-46(40)66(13,14)56(53)55-43-33-48-49(64(9,10)30-29-63(48,7)8)35-50(43)68-58-44-31-37(62(4,5)6)25-28-52(44)70-60(58)67(69)57(54)59(55)68/h15-28,31-35H,29-30H2,1-14H3. The molecule has 5 aliphatic rings. The van der Waals surface area contributed by atoms with Gasteiger partial charge in [-0.3, -0.25) is 0 Å². The molecule has 3 nitrogen and oxygen atoms in total. The van der Waals surface area contributed by atoms with Gasteiger partial charge < -0.3 is 13.8 Å². The molecule has 0 saturated heterocycles. The molecule has 2 aromatic heterocycles. The molecule has 0 spiro atoms. The van der Waals surface area contributed by atoms with Gasteiger partial charge in [0.05, 0.1) is 16.7 Å². The first-order chi connectivity index (χ1) is 33.0. The molecule has 14 rings (SSSR count). The van der Waals surface area contributed by atoms with E-state index in [4.69, 9.17) is 4.42 Å². The van der Waals surface area contributed by atoms with Crippen molar-refractivity contribution in [2.45, 2.75) is 142 Å². The lowest BCUT2D eigenvalue weighted by molar-refractivity contribution is 0.332. The van der Waals surface area contributed by atoms with Crippen LogP contribution in [-0.4, -0.2) is 11.4 Å². The SMILES string of the molecule is CC(C)(C)c1ccc(N2B3c4oc5ccc(C(C)(C)C)cc5c4-n4c5cc6c(cc5c5c7c(c(c3c54)-c3cc4c(cc32)C(C)(C)c2ccccc2-4)-c2ccccc2C7(C)C)C(C)(C)CCC6(C)C)cc1. The minimum Gasteiger partial charge on any atom is -0.466 e. The Morgan fingerprint density at radius 3 is 1.81 bits per heavy atom. The topological polar surface area (TPSA) is 21.3 Å². The van der Waals surface area contributed by atoms with Crippen molar-refractivity contribution in [3.8, 4) is 39.1 Å². The number of hydrogen-bond donors (Lipinski definition) is 0. The molecule has 3 aliphatic carbocycles. The number of fused-ring (bicyclic) bond motifs is 19. The smallest absolute Gasteiger partial charge is 0.375 e. The number of aromatic nitrogens is 1. The van der Waals surface area contributed by atoms with Gasteiger partial charge in [-0.25, -0.2) is 0 Å². The fourth-order valence-electron chi connectivity index (χ4n) is 14.5. The van der Waals surface area contributed by atoms with Crippen molar-refractivity contribution in [2.75, 3.05) is 4.81 Å². The van der Waals surface area contributed by atoms with Gasteiger partial charge in [-0.1, -0.05) is 164 Å². The molecule has 0 unspecified atom stereocenters. The Bertz CT molecular complexity index is 3850. The molecule has 0 amide bonds. The Hall–Kier alpha value is -6.26. The largest absolute Gasteiger partial charge is 0.466 e. The summed E-state index contributed by atoms with van der Waals surface area (Å²) < 4.78 is 10.4. The molecule has 0 N–H and O–H groups in total. The molecule has 70 heavy (non-hydrogen) atoms. The first kappa shape index (κ1) is 42.6. The monoisotopic (exact) mass is 913 g/mol. The summed E-state index contributed by atoms with van der Waals surface area (Å²) in [4.78, 5) is 2.70. The van der Waals surface area contributed by atoms with Crippen molar-refractivity contribution in [1.29, 1.82) is 0 Å². The van der Waals surface area contributed by atoms with Crippen LogP contribution in [0.2, 0.25) is 0 Å². The molecule has 9 aromatic rings. The van der Waals surface area contributed by atoms with E-state index in [0.717, 1.165) is 17.7 Å². The third kappa shape index (κ3) is 5.18. The molecule has 2 aliphatic heterocycles. The summed E-state index contributed by atoms with van der Waals surface area (Å²) in [5.74, 6) is 0. The molecule has 0 bridgehead atoms. The zero-order valence-electron chi connectivity index (χ0n) is 43.8. The highest BCUT2D eigenvalue weighted by atomic mass is 16.3. The van der Waals surface area contributed by atoms with Crippen molar-refractivity contribution in [1.82, 2.24) is 4.57 Å². The van der Waals surface area contributed by atoms with Gasteiger partial charge in [0.15, 0.2) is 0 Å². The van der Waals surface area contributed by atoms with E-state index >= 15 is 0 Å². The van der Waals surface area contributed by atoms with Crippen LogP contribution in [0.4, 0.5) is 11.4 Å². The zero-order chi connectivity index (χ0) is 48.7. The number of anilines is 2. The molecule has 0 fully saturated rings. The molecule has 348 valence electrons. The predicted molar refractivity (Wildman–Crippen MR) is 297 cm³/mol. The van der Waals surface area contributed by atoms with Crippen LogP contribution < -0.4 is 15.9 Å². The summed E-state index contributed by atoms with van der Waals surface area (Å²) in [7, 11) is 0. The van der Waals surface area contributed by atoms with Crippen LogP contribution in [0.1, 0.15) is 154 Å². The summed E-state index contributed by atoms with van der Waals surface area (Å²) in [6, 6.07) is 45.6. The van der Waals surface area contributed by atoms with Crippen LogP contribution in [0.5, 0.6) is 0 Å². The van der Waals surface area contributed by atoms with E-state index in [1.165, 1.54) is 134 Å². The Kier molecular flexibility index (Phi) is 7.90. The first-order valence-electron chi connectivity index (χ1n) is 26.1. The van der Waals surface area contributed by atoms with Crippen LogP contribution in [-0.2, 0) is 32.5 Å². The van der Waals surface area contributed by atoms with Gasteiger partial charge in [-0.15, -0.1) is 0 Å². The number of rotatable bonds is 1. The quantitative estimate of drug-likeness (QED) is 0.153. The molecule has 0 radical (unpaired) electrons. The predicted octanol–water partition coefficient (Wildman–Crippen LogP) is 16.3. The molecular weight excluding hydrogens is 848 g/mol. The first-order valence-corrected chi connectivity index (χ1v) is 26.1. The molecule has 4 heteroatoms. The third-order valence-corrected chi connectivity index (χ3v) is 18.5. The Labute approximate surface area is 415 Å². The molecule has 4 heterocycles. The van der Waals surface area contributed by atoms with E-state index < -0.39 is 0 Å². The lowest BCUT2D eigenvalue weighted by Crippen LogP contribution is -2.60. The lowest BCUT2D eigenvalue weighted by Gasteiger charge is -2.42. The van der Waals surface area contributed by atoms with Crippen molar-refractivity contribution in [2.24, 2.45) is 0 Å². The van der Waals surface area contributed by atoms with Crippen molar-refractivity contribution in [3.05, 3.63) is 160 Å². The van der Waals surface area contributed by atoms with Crippen molar-refractivity contribution < 1.29 is 4.42 Å². The van der Waals surface area contributed by atoms with Gasteiger partial charge in [-0.2, -0.15) is 0 Å². The highest BCUT2D eigenvalue weighted by Gasteiger charge is 2.53. The van der Waals surface area contributed by atoms with Gasteiger partial charge in [0, 0.05) is 43.9 Å². The normalized spacial score (nSPS) is 18.1. The fourth-order valence-corrected chi connectivity index (χ4v) is 14.5. The maximum Gasteiger partial charge on any atom is 0.375 e. The lowest BCUT2D eigenvalue weighted by atomic mass is 9.45. The van der Waals surface area contributed by atoms with E-state index in [-0.39, 0.29) is 39.3 Å². The second kappa shape index (κ2) is 13.0. The van der Waals surface area contributed by atoms with Gasteiger partial charge in [0.25, 0.3) is 0 Å². The molecular formula is C66H65BN2O. The van der Waals surface area contributed by atoms with Crippen LogP contribution >= 0.6 is 0 Å². The van der Waals surface area contributed by atoms with Crippen molar-refractivity contribution >= 4 is 62.1 Å². The van der Waals surface area contributed by atoms with E-state index in [2.05, 4.69) is 222 Å². The minimum atomic E-state index is -0.274. The maximum atomic E-state index is 7.64. The van der Waals surface area contributed by atoms with Gasteiger partial charge >= 0.3 is 6.85 Å². The summed E-state index contributed by atoms with van der Waals surface area (Å²) in [6.45, 7) is 33.5. The Balaban J connectivity index is 1.25. The van der Waals surface area contributed by atoms with Crippen LogP contribution in [0, 0.1) is 0 Å². The Morgan fingerprint density at radius 1 is 0.529 bits per heavy atom. The summed E-state index contributed by atoms with van der Waals surface area (Å²) in [6.07, 6.45) is 2.33. The number of benzene rings is 7. The molecule has 7 aromatic carbocycles. The van der Waals surface area contributed by atoms with Crippen molar-refractivity contribution in [3.63, 3.8) is 0 Å². The highest BCUT2D eigenvalue weighted by Crippen LogP contribution is 2.62. The van der Waals surface area contributed by atoms with Gasteiger partial charge in [0.2, 0.25) is 0 Å². The second-order valence-electron chi connectivity index (χ2n) is 26.4. The van der Waals surface area contributed by atoms with Crippen LogP contribution in [0.3, 0.4) is 0 Å². The summed E-state index contributed by atoms with van der Waals surface area (Å²) in [5.41, 5.74) is 28.5. The van der Waals surface area contributed by atoms with Gasteiger partial charge in [0.1, 0.15) is 11.2 Å². The third-order valence-electron chi connectivity index (χ3n) is 18.5. The second-order valence-corrected chi connectivity index (χ2v) is 26.4. The number of furan rings is 1. The fraction of sp³-hybridized carbons (Fsp3) is 0.333. The molecule has 0 saturated carbocycles. The summed E-state index contributed by atoms with van der Waals surface area (Å²) >= 11 is 0. The number of nitrogens with zero attached hydrogens (tertiary/aromatic N) is 2. The van der Waals surface area contributed by atoms with Crippen LogP contribution in [0.25, 0.3) is 71.8 Å². The Morgan fingerprint density at radius 2 is 1.14 bits per heavy atom. The minimum absolute atomic E-state index is 0.0131. The highest BCUT2D eigenvalue weighted by molar-refractivity contribution is 6.93. The average molecular weight is 913 g/mol. The van der Waals surface area contributed by atoms with Gasteiger partial charge in [-0.05, 0) is 161 Å². The van der Waals surface area contributed by atoms with E-state index in [1.807, 2.05) is 0 Å². The zero-order valence-corrected chi connectivity index (χ0v) is 43.8. The number of hydrogen-bond acceptors (Lipinski definition) is 2. The maximum absolute atomic E-state index is 7.64. The van der Waals surface area contributed by atoms with E-state index in [0.29, 0.717) is 0 Å². The molecule has 0 atom stereocenters. The summed E-state index contributed by atoms with van der Waals surface area (Å²) in [5, 5.41) is 3.96. The average Bonchev–Trinajstić information content (AvgIpc) is 3.99. The van der Waals surface area contributed by atoms with E-state index in [1.54, 1.807) is 0 Å². The van der Waals surface area contributed by atoms with Crippen LogP contribution in [0.15, 0.2) is 120 Å².